The zero-order valence-electron chi connectivity index (χ0n) is 16.7. The molecule has 26 heavy (non-hydrogen) atoms. The number of unbranched alkanes of at least 4 members (excludes halogenated alkanes) is 4. The number of hydrogen-bond donors (Lipinski definition) is 0. The standard InChI is InChI=1S/C22H35NO3/c1-4-7-12-16-23(17-13-8-5-2)21(24)20(22(25)26-6-3)18-19-14-10-9-11-15-19/h9-11,14-15,20H,4-8,12-13,16-18H2,1-3H3/t20-/m0/s1. The van der Waals surface area contributed by atoms with Gasteiger partial charge in [0, 0.05) is 13.1 Å². The van der Waals surface area contributed by atoms with E-state index in [0.29, 0.717) is 13.0 Å². The molecule has 0 aliphatic rings. The molecule has 0 bridgehead atoms. The molecule has 0 unspecified atom stereocenters. The van der Waals surface area contributed by atoms with Crippen molar-refractivity contribution in [3.8, 4) is 0 Å². The molecule has 1 amide bonds. The van der Waals surface area contributed by atoms with Gasteiger partial charge in [-0.15, -0.1) is 0 Å². The molecule has 0 radical (unpaired) electrons. The Morgan fingerprint density at radius 3 is 2.00 bits per heavy atom. The minimum Gasteiger partial charge on any atom is -0.465 e. The van der Waals surface area contributed by atoms with Crippen molar-refractivity contribution >= 4 is 11.9 Å². The number of benzene rings is 1. The van der Waals surface area contributed by atoms with E-state index < -0.39 is 11.9 Å². The predicted molar refractivity (Wildman–Crippen MR) is 106 cm³/mol. The highest BCUT2D eigenvalue weighted by molar-refractivity contribution is 5.98. The summed E-state index contributed by atoms with van der Waals surface area (Å²) in [7, 11) is 0. The maximum absolute atomic E-state index is 13.2. The van der Waals surface area contributed by atoms with Gasteiger partial charge in [0.25, 0.3) is 0 Å². The fourth-order valence-corrected chi connectivity index (χ4v) is 3.02. The van der Waals surface area contributed by atoms with Crippen LogP contribution in [0.2, 0.25) is 0 Å². The molecule has 0 aliphatic carbocycles. The third kappa shape index (κ3) is 8.03. The fraction of sp³-hybridized carbons (Fsp3) is 0.636. The molecule has 0 N–H and O–H groups in total. The van der Waals surface area contributed by atoms with Gasteiger partial charge in [-0.1, -0.05) is 69.9 Å². The Morgan fingerprint density at radius 1 is 0.923 bits per heavy atom. The summed E-state index contributed by atoms with van der Waals surface area (Å²) in [6.45, 7) is 7.83. The molecular formula is C22H35NO3. The number of ether oxygens (including phenoxy) is 1. The van der Waals surface area contributed by atoms with Crippen LogP contribution < -0.4 is 0 Å². The molecule has 0 fully saturated rings. The number of esters is 1. The third-order valence-electron chi connectivity index (χ3n) is 4.53. The van der Waals surface area contributed by atoms with Crippen LogP contribution in [-0.4, -0.2) is 36.5 Å². The van der Waals surface area contributed by atoms with E-state index in [0.717, 1.165) is 57.2 Å². The Hall–Kier alpha value is -1.84. The Labute approximate surface area is 158 Å². The van der Waals surface area contributed by atoms with Gasteiger partial charge in [-0.3, -0.25) is 9.59 Å². The molecule has 1 aromatic rings. The average molecular weight is 362 g/mol. The first-order chi connectivity index (χ1) is 12.6. The topological polar surface area (TPSA) is 46.6 Å². The lowest BCUT2D eigenvalue weighted by Crippen LogP contribution is -2.42. The largest absolute Gasteiger partial charge is 0.465 e. The zero-order chi connectivity index (χ0) is 19.2. The number of rotatable bonds is 13. The van der Waals surface area contributed by atoms with Crippen molar-refractivity contribution in [2.75, 3.05) is 19.7 Å². The molecule has 1 atom stereocenters. The van der Waals surface area contributed by atoms with E-state index in [1.165, 1.54) is 0 Å². The van der Waals surface area contributed by atoms with Gasteiger partial charge in [0.15, 0.2) is 0 Å². The SMILES string of the molecule is CCCCCN(CCCCC)C(=O)[C@H](Cc1ccccc1)C(=O)OCC. The van der Waals surface area contributed by atoms with E-state index in [2.05, 4.69) is 13.8 Å². The first-order valence-corrected chi connectivity index (χ1v) is 10.1. The van der Waals surface area contributed by atoms with Crippen molar-refractivity contribution in [2.45, 2.75) is 65.7 Å². The summed E-state index contributed by atoms with van der Waals surface area (Å²) < 4.78 is 5.21. The highest BCUT2D eigenvalue weighted by Gasteiger charge is 2.31. The molecule has 0 saturated carbocycles. The van der Waals surface area contributed by atoms with E-state index in [-0.39, 0.29) is 5.91 Å². The number of carbonyl (C=O) groups is 2. The van der Waals surface area contributed by atoms with Gasteiger partial charge in [0.05, 0.1) is 6.61 Å². The van der Waals surface area contributed by atoms with Crippen LogP contribution in [0.25, 0.3) is 0 Å². The van der Waals surface area contributed by atoms with Crippen molar-refractivity contribution in [2.24, 2.45) is 5.92 Å². The first-order valence-electron chi connectivity index (χ1n) is 10.1. The molecule has 0 saturated heterocycles. The lowest BCUT2D eigenvalue weighted by molar-refractivity contribution is -0.155. The summed E-state index contributed by atoms with van der Waals surface area (Å²) >= 11 is 0. The Balaban J connectivity index is 2.89. The maximum atomic E-state index is 13.2. The van der Waals surface area contributed by atoms with Gasteiger partial charge < -0.3 is 9.64 Å². The molecule has 146 valence electrons. The van der Waals surface area contributed by atoms with Crippen LogP contribution >= 0.6 is 0 Å². The van der Waals surface area contributed by atoms with E-state index in [9.17, 15) is 9.59 Å². The molecule has 4 heteroatoms. The molecule has 0 aliphatic heterocycles. The fourth-order valence-electron chi connectivity index (χ4n) is 3.02. The molecule has 0 aromatic heterocycles. The molecule has 0 heterocycles. The van der Waals surface area contributed by atoms with Crippen molar-refractivity contribution in [1.82, 2.24) is 4.90 Å². The second-order valence-electron chi connectivity index (χ2n) is 6.73. The smallest absolute Gasteiger partial charge is 0.318 e. The van der Waals surface area contributed by atoms with Gasteiger partial charge in [0.2, 0.25) is 5.91 Å². The van der Waals surface area contributed by atoms with Crippen LogP contribution in [0, 0.1) is 5.92 Å². The normalized spacial score (nSPS) is 11.8. The third-order valence-corrected chi connectivity index (χ3v) is 4.53. The molecule has 1 aromatic carbocycles. The van der Waals surface area contributed by atoms with Crippen LogP contribution in [-0.2, 0) is 20.7 Å². The molecular weight excluding hydrogens is 326 g/mol. The van der Waals surface area contributed by atoms with E-state index in [1.807, 2.05) is 35.2 Å². The van der Waals surface area contributed by atoms with Crippen LogP contribution in [0.15, 0.2) is 30.3 Å². The molecule has 1 rings (SSSR count). The van der Waals surface area contributed by atoms with E-state index in [1.54, 1.807) is 6.92 Å². The second kappa shape index (κ2) is 13.4. The zero-order valence-corrected chi connectivity index (χ0v) is 16.7. The Bertz CT molecular complexity index is 505. The van der Waals surface area contributed by atoms with Gasteiger partial charge in [-0.25, -0.2) is 0 Å². The summed E-state index contributed by atoms with van der Waals surface area (Å²) in [6, 6.07) is 9.72. The summed E-state index contributed by atoms with van der Waals surface area (Å²) in [4.78, 5) is 27.5. The minimum absolute atomic E-state index is 0.0838. The second-order valence-corrected chi connectivity index (χ2v) is 6.73. The monoisotopic (exact) mass is 361 g/mol. The van der Waals surface area contributed by atoms with Crippen molar-refractivity contribution in [1.29, 1.82) is 0 Å². The Kier molecular flexibility index (Phi) is 11.4. The summed E-state index contributed by atoms with van der Waals surface area (Å²) in [5.41, 5.74) is 0.987. The van der Waals surface area contributed by atoms with Crippen LogP contribution in [0.3, 0.4) is 0 Å². The quantitative estimate of drug-likeness (QED) is 0.293. The van der Waals surface area contributed by atoms with Crippen molar-refractivity contribution in [3.05, 3.63) is 35.9 Å². The van der Waals surface area contributed by atoms with Gasteiger partial charge in [-0.2, -0.15) is 0 Å². The van der Waals surface area contributed by atoms with E-state index in [4.69, 9.17) is 4.74 Å². The number of hydrogen-bond acceptors (Lipinski definition) is 3. The number of amides is 1. The minimum atomic E-state index is -0.749. The maximum Gasteiger partial charge on any atom is 0.318 e. The average Bonchev–Trinajstić information content (AvgIpc) is 2.65. The van der Waals surface area contributed by atoms with Crippen LogP contribution in [0.1, 0.15) is 64.9 Å². The summed E-state index contributed by atoms with van der Waals surface area (Å²) in [5.74, 6) is -1.24. The molecule has 0 spiro atoms. The van der Waals surface area contributed by atoms with Gasteiger partial charge in [0.1, 0.15) is 5.92 Å². The summed E-state index contributed by atoms with van der Waals surface area (Å²) in [5, 5.41) is 0. The lowest BCUT2D eigenvalue weighted by atomic mass is 9.97. The Morgan fingerprint density at radius 2 is 1.50 bits per heavy atom. The summed E-state index contributed by atoms with van der Waals surface area (Å²) in [6.07, 6.45) is 6.78. The lowest BCUT2D eigenvalue weighted by Gasteiger charge is -2.27. The number of nitrogens with zero attached hydrogens (tertiary/aromatic N) is 1. The van der Waals surface area contributed by atoms with Crippen molar-refractivity contribution in [3.63, 3.8) is 0 Å². The van der Waals surface area contributed by atoms with E-state index >= 15 is 0 Å². The van der Waals surface area contributed by atoms with Gasteiger partial charge >= 0.3 is 5.97 Å². The van der Waals surface area contributed by atoms with Gasteiger partial charge in [-0.05, 0) is 31.7 Å². The highest BCUT2D eigenvalue weighted by Crippen LogP contribution is 2.16. The highest BCUT2D eigenvalue weighted by atomic mass is 16.5. The van der Waals surface area contributed by atoms with Crippen LogP contribution in [0.5, 0.6) is 0 Å². The van der Waals surface area contributed by atoms with Crippen LogP contribution in [0.4, 0.5) is 0 Å². The first kappa shape index (κ1) is 22.2. The van der Waals surface area contributed by atoms with Crippen molar-refractivity contribution < 1.29 is 14.3 Å². The number of carbonyl (C=O) groups excluding carboxylic acids is 2. The predicted octanol–water partition coefficient (Wildman–Crippen LogP) is 4.62. The molecule has 4 nitrogen and oxygen atoms in total.